The molecule has 0 saturated carbocycles. The van der Waals surface area contributed by atoms with Crippen molar-refractivity contribution < 1.29 is 18.7 Å². The minimum Gasteiger partial charge on any atom is -0.460 e. The summed E-state index contributed by atoms with van der Waals surface area (Å²) >= 11 is 7.44. The van der Waals surface area contributed by atoms with Gasteiger partial charge in [0.2, 0.25) is 0 Å². The summed E-state index contributed by atoms with van der Waals surface area (Å²) in [6.07, 6.45) is 0.731. The zero-order valence-corrected chi connectivity index (χ0v) is 16.3. The molecule has 0 radical (unpaired) electrons. The minimum atomic E-state index is -0.515. The second-order valence-corrected chi connectivity index (χ2v) is 8.23. The fraction of sp³-hybridized carbons (Fsp3) is 0.444. The number of hydrogen-bond donors (Lipinski definition) is 0. The van der Waals surface area contributed by atoms with Crippen molar-refractivity contribution in [2.75, 3.05) is 13.6 Å². The van der Waals surface area contributed by atoms with Crippen LogP contribution in [0.1, 0.15) is 43.3 Å². The van der Waals surface area contributed by atoms with Gasteiger partial charge < -0.3 is 9.64 Å². The second-order valence-electron chi connectivity index (χ2n) is 6.80. The SMILES string of the molecule is CN(CCCC(=O)OC(C)(C)C)C(=O)c1sc2cc(F)ccc2c1Cl. The Kier molecular flexibility index (Phi) is 6.06. The van der Waals surface area contributed by atoms with E-state index in [2.05, 4.69) is 0 Å². The van der Waals surface area contributed by atoms with E-state index in [9.17, 15) is 14.0 Å². The van der Waals surface area contributed by atoms with Crippen molar-refractivity contribution in [1.29, 1.82) is 0 Å². The molecule has 1 aromatic carbocycles. The van der Waals surface area contributed by atoms with Gasteiger partial charge in [-0.15, -0.1) is 11.3 Å². The van der Waals surface area contributed by atoms with Crippen LogP contribution in [-0.4, -0.2) is 36.0 Å². The lowest BCUT2D eigenvalue weighted by atomic mass is 10.2. The Bertz CT molecular complexity index is 797. The quantitative estimate of drug-likeness (QED) is 0.688. The Labute approximate surface area is 155 Å². The number of fused-ring (bicyclic) bond motifs is 1. The molecule has 0 N–H and O–H groups in total. The highest BCUT2D eigenvalue weighted by atomic mass is 35.5. The van der Waals surface area contributed by atoms with E-state index in [0.717, 1.165) is 0 Å². The van der Waals surface area contributed by atoms with Crippen LogP contribution in [0.5, 0.6) is 0 Å². The Hall–Kier alpha value is -1.66. The molecule has 1 aromatic heterocycles. The summed E-state index contributed by atoms with van der Waals surface area (Å²) in [6.45, 7) is 5.84. The van der Waals surface area contributed by atoms with Crippen LogP contribution in [0.2, 0.25) is 5.02 Å². The highest BCUT2D eigenvalue weighted by Gasteiger charge is 2.21. The van der Waals surface area contributed by atoms with E-state index in [1.54, 1.807) is 13.1 Å². The fourth-order valence-electron chi connectivity index (χ4n) is 2.30. The summed E-state index contributed by atoms with van der Waals surface area (Å²) in [5.74, 6) is -0.894. The van der Waals surface area contributed by atoms with Gasteiger partial charge in [0, 0.05) is 30.1 Å². The van der Waals surface area contributed by atoms with E-state index in [4.69, 9.17) is 16.3 Å². The topological polar surface area (TPSA) is 46.6 Å². The van der Waals surface area contributed by atoms with Crippen LogP contribution in [0.25, 0.3) is 10.1 Å². The number of benzene rings is 1. The Morgan fingerprint density at radius 2 is 2.00 bits per heavy atom. The minimum absolute atomic E-state index is 0.236. The molecule has 7 heteroatoms. The first-order valence-electron chi connectivity index (χ1n) is 7.93. The lowest BCUT2D eigenvalue weighted by Crippen LogP contribution is -2.28. The smallest absolute Gasteiger partial charge is 0.306 e. The molecule has 0 aliphatic rings. The number of rotatable bonds is 5. The Morgan fingerprint density at radius 3 is 2.64 bits per heavy atom. The summed E-state index contributed by atoms with van der Waals surface area (Å²) in [4.78, 5) is 26.2. The molecule has 0 unspecified atom stereocenters. The zero-order valence-electron chi connectivity index (χ0n) is 14.7. The van der Waals surface area contributed by atoms with E-state index < -0.39 is 5.60 Å². The van der Waals surface area contributed by atoms with Crippen LogP contribution in [0.4, 0.5) is 4.39 Å². The van der Waals surface area contributed by atoms with Gasteiger partial charge in [-0.25, -0.2) is 4.39 Å². The van der Waals surface area contributed by atoms with Crippen molar-refractivity contribution in [2.24, 2.45) is 0 Å². The number of carbonyl (C=O) groups is 2. The van der Waals surface area contributed by atoms with E-state index in [1.807, 2.05) is 20.8 Å². The Balaban J connectivity index is 1.98. The van der Waals surface area contributed by atoms with Crippen LogP contribution in [0.15, 0.2) is 18.2 Å². The number of amides is 1. The summed E-state index contributed by atoms with van der Waals surface area (Å²) in [5, 5.41) is 1.00. The molecule has 4 nitrogen and oxygen atoms in total. The molecule has 136 valence electrons. The molecular formula is C18H21ClFNO3S. The molecule has 1 heterocycles. The number of carbonyl (C=O) groups excluding carboxylic acids is 2. The summed E-state index contributed by atoms with van der Waals surface area (Å²) in [7, 11) is 1.65. The Morgan fingerprint density at radius 1 is 1.32 bits per heavy atom. The molecule has 0 saturated heterocycles. The molecule has 0 atom stereocenters. The first kappa shape index (κ1) is 19.7. The summed E-state index contributed by atoms with van der Waals surface area (Å²) in [6, 6.07) is 4.26. The molecule has 1 amide bonds. The summed E-state index contributed by atoms with van der Waals surface area (Å²) < 4.78 is 19.2. The first-order chi connectivity index (χ1) is 11.6. The second kappa shape index (κ2) is 7.70. The highest BCUT2D eigenvalue weighted by Crippen LogP contribution is 2.36. The maximum absolute atomic E-state index is 13.3. The number of esters is 1. The molecule has 0 aliphatic carbocycles. The van der Waals surface area contributed by atoms with E-state index in [-0.39, 0.29) is 24.1 Å². The number of ether oxygens (including phenoxy) is 1. The molecular weight excluding hydrogens is 365 g/mol. The predicted octanol–water partition coefficient (Wildman–Crippen LogP) is 4.89. The van der Waals surface area contributed by atoms with Gasteiger partial charge >= 0.3 is 5.97 Å². The standard InChI is InChI=1S/C18H21ClFNO3S/c1-18(2,3)24-14(22)6-5-9-21(4)17(23)16-15(19)12-8-7-11(20)10-13(12)25-16/h7-8,10H,5-6,9H2,1-4H3. The van der Waals surface area contributed by atoms with Gasteiger partial charge in [-0.05, 0) is 45.4 Å². The predicted molar refractivity (Wildman–Crippen MR) is 98.8 cm³/mol. The average molecular weight is 386 g/mol. The van der Waals surface area contributed by atoms with Crippen molar-refractivity contribution in [3.8, 4) is 0 Å². The van der Waals surface area contributed by atoms with Gasteiger partial charge in [-0.2, -0.15) is 0 Å². The van der Waals surface area contributed by atoms with E-state index >= 15 is 0 Å². The maximum atomic E-state index is 13.3. The highest BCUT2D eigenvalue weighted by molar-refractivity contribution is 7.21. The molecule has 0 spiro atoms. The van der Waals surface area contributed by atoms with Crippen molar-refractivity contribution in [3.63, 3.8) is 0 Å². The van der Waals surface area contributed by atoms with Gasteiger partial charge in [0.25, 0.3) is 5.91 Å². The molecule has 2 aromatic rings. The third kappa shape index (κ3) is 5.16. The molecule has 25 heavy (non-hydrogen) atoms. The van der Waals surface area contributed by atoms with Gasteiger partial charge in [-0.1, -0.05) is 11.6 Å². The number of halogens is 2. The molecule has 0 aliphatic heterocycles. The number of thiophene rings is 1. The maximum Gasteiger partial charge on any atom is 0.306 e. The van der Waals surface area contributed by atoms with Crippen LogP contribution < -0.4 is 0 Å². The van der Waals surface area contributed by atoms with Crippen molar-refractivity contribution in [2.45, 2.75) is 39.2 Å². The molecule has 2 rings (SSSR count). The van der Waals surface area contributed by atoms with Crippen LogP contribution in [0.3, 0.4) is 0 Å². The van der Waals surface area contributed by atoms with E-state index in [1.165, 1.54) is 28.4 Å². The van der Waals surface area contributed by atoms with Crippen LogP contribution in [0, 0.1) is 5.82 Å². The first-order valence-corrected chi connectivity index (χ1v) is 9.13. The van der Waals surface area contributed by atoms with Crippen LogP contribution >= 0.6 is 22.9 Å². The average Bonchev–Trinajstić information content (AvgIpc) is 2.80. The van der Waals surface area contributed by atoms with Crippen molar-refractivity contribution >= 4 is 44.9 Å². The normalized spacial score (nSPS) is 11.6. The lowest BCUT2D eigenvalue weighted by Gasteiger charge is -2.20. The molecule has 0 fully saturated rings. The van der Waals surface area contributed by atoms with Gasteiger partial charge in [-0.3, -0.25) is 9.59 Å². The molecule has 0 bridgehead atoms. The van der Waals surface area contributed by atoms with Gasteiger partial charge in [0.05, 0.1) is 5.02 Å². The summed E-state index contributed by atoms with van der Waals surface area (Å²) in [5.41, 5.74) is -0.515. The van der Waals surface area contributed by atoms with E-state index in [0.29, 0.717) is 33.0 Å². The largest absolute Gasteiger partial charge is 0.460 e. The third-order valence-electron chi connectivity index (χ3n) is 3.43. The zero-order chi connectivity index (χ0) is 18.8. The van der Waals surface area contributed by atoms with Crippen LogP contribution in [-0.2, 0) is 9.53 Å². The number of hydrogen-bond acceptors (Lipinski definition) is 4. The van der Waals surface area contributed by atoms with Gasteiger partial charge in [0.1, 0.15) is 16.3 Å². The lowest BCUT2D eigenvalue weighted by molar-refractivity contribution is -0.154. The number of nitrogens with zero attached hydrogens (tertiary/aromatic N) is 1. The fourth-order valence-corrected chi connectivity index (χ4v) is 3.84. The monoisotopic (exact) mass is 385 g/mol. The van der Waals surface area contributed by atoms with Crippen molar-refractivity contribution in [3.05, 3.63) is 33.9 Å². The van der Waals surface area contributed by atoms with Gasteiger partial charge in [0.15, 0.2) is 0 Å². The third-order valence-corrected chi connectivity index (χ3v) is 5.07. The van der Waals surface area contributed by atoms with Crippen molar-refractivity contribution in [1.82, 2.24) is 4.90 Å².